The highest BCUT2D eigenvalue weighted by molar-refractivity contribution is 5.35. The first-order valence-corrected chi connectivity index (χ1v) is 5.92. The second-order valence-corrected chi connectivity index (χ2v) is 4.56. The maximum Gasteiger partial charge on any atom is 0.126 e. The number of rotatable bonds is 2. The quantitative estimate of drug-likeness (QED) is 0.859. The molecule has 0 saturated carbocycles. The summed E-state index contributed by atoms with van der Waals surface area (Å²) in [5.74, 6) is -0.384. The maximum atomic E-state index is 12.9. The summed E-state index contributed by atoms with van der Waals surface area (Å²) in [6.07, 6.45) is 0.203. The van der Waals surface area contributed by atoms with Crippen LogP contribution in [0.2, 0.25) is 0 Å². The fraction of sp³-hybridized carbons (Fsp3) is 0.538. The van der Waals surface area contributed by atoms with Gasteiger partial charge < -0.3 is 9.84 Å². The van der Waals surface area contributed by atoms with Crippen LogP contribution in [0.15, 0.2) is 18.2 Å². The van der Waals surface area contributed by atoms with Crippen LogP contribution in [-0.2, 0) is 4.74 Å². The van der Waals surface area contributed by atoms with Crippen molar-refractivity contribution in [2.45, 2.75) is 26.0 Å². The number of aromatic hydroxyl groups is 1. The van der Waals surface area contributed by atoms with E-state index in [9.17, 15) is 9.50 Å². The van der Waals surface area contributed by atoms with E-state index in [0.717, 1.165) is 24.7 Å². The Labute approximate surface area is 101 Å². The summed E-state index contributed by atoms with van der Waals surface area (Å²) >= 11 is 0. The highest BCUT2D eigenvalue weighted by Crippen LogP contribution is 2.29. The van der Waals surface area contributed by atoms with Gasteiger partial charge in [-0.05, 0) is 19.9 Å². The van der Waals surface area contributed by atoms with Gasteiger partial charge in [0, 0.05) is 30.8 Å². The van der Waals surface area contributed by atoms with Crippen molar-refractivity contribution < 1.29 is 14.2 Å². The second kappa shape index (κ2) is 5.02. The second-order valence-electron chi connectivity index (χ2n) is 4.56. The molecule has 4 heteroatoms. The largest absolute Gasteiger partial charge is 0.508 e. The maximum absolute atomic E-state index is 12.9. The number of hydrogen-bond acceptors (Lipinski definition) is 3. The molecule has 3 nitrogen and oxygen atoms in total. The molecule has 1 heterocycles. The number of benzene rings is 1. The summed E-state index contributed by atoms with van der Waals surface area (Å²) in [6.45, 7) is 6.42. The van der Waals surface area contributed by atoms with Crippen molar-refractivity contribution in [3.05, 3.63) is 29.6 Å². The van der Waals surface area contributed by atoms with Gasteiger partial charge in [0.15, 0.2) is 0 Å². The fourth-order valence-electron chi connectivity index (χ4n) is 2.26. The van der Waals surface area contributed by atoms with Gasteiger partial charge in [-0.1, -0.05) is 6.07 Å². The Morgan fingerprint density at radius 1 is 1.53 bits per heavy atom. The summed E-state index contributed by atoms with van der Waals surface area (Å²) in [7, 11) is 0. The van der Waals surface area contributed by atoms with Gasteiger partial charge in [-0.2, -0.15) is 0 Å². The Hall–Kier alpha value is -1.13. The van der Waals surface area contributed by atoms with Crippen LogP contribution in [0.3, 0.4) is 0 Å². The topological polar surface area (TPSA) is 32.7 Å². The Morgan fingerprint density at radius 3 is 2.94 bits per heavy atom. The molecular weight excluding hydrogens is 221 g/mol. The lowest BCUT2D eigenvalue weighted by atomic mass is 10.0. The van der Waals surface area contributed by atoms with Crippen molar-refractivity contribution in [3.8, 4) is 5.75 Å². The van der Waals surface area contributed by atoms with Crippen LogP contribution in [0.4, 0.5) is 4.39 Å². The van der Waals surface area contributed by atoms with Crippen molar-refractivity contribution >= 4 is 0 Å². The number of morpholine rings is 1. The summed E-state index contributed by atoms with van der Waals surface area (Å²) in [5.41, 5.74) is 0.764. The van der Waals surface area contributed by atoms with E-state index >= 15 is 0 Å². The van der Waals surface area contributed by atoms with Crippen molar-refractivity contribution in [3.63, 3.8) is 0 Å². The highest BCUT2D eigenvalue weighted by Gasteiger charge is 2.24. The van der Waals surface area contributed by atoms with E-state index in [2.05, 4.69) is 4.90 Å². The zero-order valence-electron chi connectivity index (χ0n) is 10.2. The van der Waals surface area contributed by atoms with Crippen molar-refractivity contribution in [1.82, 2.24) is 4.90 Å². The third-order valence-corrected chi connectivity index (χ3v) is 3.26. The van der Waals surface area contributed by atoms with Gasteiger partial charge in [-0.3, -0.25) is 4.90 Å². The van der Waals surface area contributed by atoms with Crippen LogP contribution in [-0.4, -0.2) is 35.8 Å². The summed E-state index contributed by atoms with van der Waals surface area (Å²) in [6, 6.07) is 4.27. The Balaban J connectivity index is 2.15. The van der Waals surface area contributed by atoms with Crippen molar-refractivity contribution in [2.24, 2.45) is 0 Å². The molecule has 1 aliphatic rings. The molecule has 1 aliphatic heterocycles. The van der Waals surface area contributed by atoms with E-state index in [1.165, 1.54) is 6.07 Å². The van der Waals surface area contributed by atoms with E-state index in [0.29, 0.717) is 6.61 Å². The first kappa shape index (κ1) is 12.3. The Kier molecular flexibility index (Phi) is 3.64. The number of hydrogen-bond donors (Lipinski definition) is 1. The van der Waals surface area contributed by atoms with Gasteiger partial charge in [0.25, 0.3) is 0 Å². The summed E-state index contributed by atoms with van der Waals surface area (Å²) in [5, 5.41) is 9.76. The average Bonchev–Trinajstić information content (AvgIpc) is 2.28. The highest BCUT2D eigenvalue weighted by atomic mass is 19.1. The van der Waals surface area contributed by atoms with E-state index in [4.69, 9.17) is 4.74 Å². The van der Waals surface area contributed by atoms with E-state index in [1.54, 1.807) is 6.07 Å². The lowest BCUT2D eigenvalue weighted by Gasteiger charge is -2.35. The predicted molar refractivity (Wildman–Crippen MR) is 63.5 cm³/mol. The van der Waals surface area contributed by atoms with Crippen LogP contribution in [0, 0.1) is 5.82 Å². The molecule has 0 bridgehead atoms. The first-order valence-electron chi connectivity index (χ1n) is 5.92. The van der Waals surface area contributed by atoms with Crippen LogP contribution < -0.4 is 0 Å². The lowest BCUT2D eigenvalue weighted by Crippen LogP contribution is -2.42. The third kappa shape index (κ3) is 2.76. The lowest BCUT2D eigenvalue weighted by molar-refractivity contribution is -0.0322. The molecule has 0 spiro atoms. The zero-order valence-corrected chi connectivity index (χ0v) is 10.2. The third-order valence-electron chi connectivity index (χ3n) is 3.26. The molecule has 1 fully saturated rings. The van der Waals surface area contributed by atoms with Crippen LogP contribution in [0.1, 0.15) is 25.5 Å². The minimum absolute atomic E-state index is 0.0247. The standard InChI is InChI=1S/C13H18FNO2/c1-9-8-15(5-6-17-9)10(2)12-4-3-11(14)7-13(12)16/h3-4,7,9-10,16H,5-6,8H2,1-2H3. The van der Waals surface area contributed by atoms with Gasteiger partial charge in [-0.25, -0.2) is 4.39 Å². The number of phenolic OH excluding ortho intramolecular Hbond substituents is 1. The average molecular weight is 239 g/mol. The molecule has 2 rings (SSSR count). The Morgan fingerprint density at radius 2 is 2.29 bits per heavy atom. The van der Waals surface area contributed by atoms with E-state index in [-0.39, 0.29) is 17.9 Å². The molecular formula is C13H18FNO2. The molecule has 0 aromatic heterocycles. The number of phenols is 1. The Bertz CT molecular complexity index is 397. The summed E-state index contributed by atoms with van der Waals surface area (Å²) in [4.78, 5) is 2.24. The SMILES string of the molecule is CC1CN(C(C)c2ccc(F)cc2O)CCO1. The molecule has 2 unspecified atom stereocenters. The van der Waals surface area contributed by atoms with Crippen molar-refractivity contribution in [1.29, 1.82) is 0 Å². The molecule has 1 aromatic rings. The molecule has 17 heavy (non-hydrogen) atoms. The fourth-order valence-corrected chi connectivity index (χ4v) is 2.26. The minimum Gasteiger partial charge on any atom is -0.508 e. The van der Waals surface area contributed by atoms with Gasteiger partial charge in [0.1, 0.15) is 11.6 Å². The normalized spacial score (nSPS) is 23.6. The monoisotopic (exact) mass is 239 g/mol. The van der Waals surface area contributed by atoms with Crippen LogP contribution >= 0.6 is 0 Å². The molecule has 94 valence electrons. The molecule has 0 amide bonds. The van der Waals surface area contributed by atoms with Crippen molar-refractivity contribution in [2.75, 3.05) is 19.7 Å². The summed E-state index contributed by atoms with van der Waals surface area (Å²) < 4.78 is 18.4. The van der Waals surface area contributed by atoms with Gasteiger partial charge in [-0.15, -0.1) is 0 Å². The van der Waals surface area contributed by atoms with E-state index < -0.39 is 5.82 Å². The molecule has 1 aromatic carbocycles. The molecule has 0 radical (unpaired) electrons. The first-order chi connectivity index (χ1) is 8.08. The van der Waals surface area contributed by atoms with E-state index in [1.807, 2.05) is 13.8 Å². The van der Waals surface area contributed by atoms with Gasteiger partial charge in [0.05, 0.1) is 12.7 Å². The van der Waals surface area contributed by atoms with Crippen LogP contribution in [0.5, 0.6) is 5.75 Å². The predicted octanol–water partition coefficient (Wildman–Crippen LogP) is 2.31. The smallest absolute Gasteiger partial charge is 0.126 e. The van der Waals surface area contributed by atoms with Gasteiger partial charge >= 0.3 is 0 Å². The number of nitrogens with zero attached hydrogens (tertiary/aromatic N) is 1. The molecule has 1 saturated heterocycles. The molecule has 1 N–H and O–H groups in total. The molecule has 2 atom stereocenters. The van der Waals surface area contributed by atoms with Crippen LogP contribution in [0.25, 0.3) is 0 Å². The number of ether oxygens (including phenoxy) is 1. The minimum atomic E-state index is -0.409. The number of halogens is 1. The zero-order chi connectivity index (χ0) is 12.4. The van der Waals surface area contributed by atoms with Gasteiger partial charge in [0.2, 0.25) is 0 Å². The molecule has 0 aliphatic carbocycles.